The first kappa shape index (κ1) is 16.9. The maximum Gasteiger partial charge on any atom is 0.248 e. The summed E-state index contributed by atoms with van der Waals surface area (Å²) in [6, 6.07) is 0. The van der Waals surface area contributed by atoms with Crippen LogP contribution in [0, 0.1) is 0 Å². The maximum atomic E-state index is 11.2. The second kappa shape index (κ2) is 8.08. The molecule has 0 aromatic rings. The van der Waals surface area contributed by atoms with Gasteiger partial charge in [0.25, 0.3) is 0 Å². The van der Waals surface area contributed by atoms with Crippen molar-refractivity contribution in [1.29, 1.82) is 0 Å². The molecule has 98 valence electrons. The van der Waals surface area contributed by atoms with E-state index < -0.39 is 5.91 Å². The van der Waals surface area contributed by atoms with Crippen LogP contribution in [0.15, 0.2) is 76.4 Å². The molecular weight excluding hydrogens is 306 g/mol. The van der Waals surface area contributed by atoms with Gasteiger partial charge in [0.15, 0.2) is 0 Å². The van der Waals surface area contributed by atoms with Gasteiger partial charge in [-0.1, -0.05) is 54.4 Å². The van der Waals surface area contributed by atoms with Gasteiger partial charge >= 0.3 is 0 Å². The molecule has 0 atom stereocenters. The molecule has 0 N–H and O–H groups in total. The van der Waals surface area contributed by atoms with E-state index in [9.17, 15) is 4.79 Å². The predicted octanol–water partition coefficient (Wildman–Crippen LogP) is 4.90. The standard InChI is InChI=1S/C14H14BrN3O/c1-9(13(5)11(3)8-12(4)15)6-7-10(2)14(19)17-18-16/h6-8H,1-2,4-5H2,3H3/b7-6-,11-8-. The minimum Gasteiger partial charge on any atom is -0.287 e. The van der Waals surface area contributed by atoms with E-state index in [1.807, 2.05) is 6.92 Å². The fourth-order valence-electron chi connectivity index (χ4n) is 1.05. The Bertz CT molecular complexity index is 561. The van der Waals surface area contributed by atoms with Gasteiger partial charge in [-0.3, -0.25) is 4.79 Å². The van der Waals surface area contributed by atoms with E-state index in [0.29, 0.717) is 11.1 Å². The van der Waals surface area contributed by atoms with Crippen LogP contribution in [0.2, 0.25) is 0 Å². The highest BCUT2D eigenvalue weighted by molar-refractivity contribution is 9.11. The Morgan fingerprint density at radius 3 is 2.21 bits per heavy atom. The van der Waals surface area contributed by atoms with Gasteiger partial charge in [0.1, 0.15) is 0 Å². The Morgan fingerprint density at radius 1 is 1.21 bits per heavy atom. The fraction of sp³-hybridized carbons (Fsp3) is 0.0714. The minimum atomic E-state index is -0.724. The normalized spacial score (nSPS) is 10.7. The number of carbonyl (C=O) groups excluding carboxylic acids is 1. The summed E-state index contributed by atoms with van der Waals surface area (Å²) in [5.41, 5.74) is 10.4. The largest absolute Gasteiger partial charge is 0.287 e. The van der Waals surface area contributed by atoms with E-state index in [1.165, 1.54) is 6.08 Å². The quantitative estimate of drug-likeness (QED) is 0.226. The van der Waals surface area contributed by atoms with E-state index in [0.717, 1.165) is 10.1 Å². The molecule has 0 bridgehead atoms. The maximum absolute atomic E-state index is 11.2. The molecule has 0 aliphatic heterocycles. The highest BCUT2D eigenvalue weighted by atomic mass is 79.9. The molecule has 0 aliphatic rings. The third kappa shape index (κ3) is 6.41. The van der Waals surface area contributed by atoms with Crippen LogP contribution < -0.4 is 0 Å². The summed E-state index contributed by atoms with van der Waals surface area (Å²) in [5, 5.41) is 2.93. The van der Waals surface area contributed by atoms with Crippen molar-refractivity contribution in [1.82, 2.24) is 0 Å². The molecule has 0 rings (SSSR count). The number of hydrogen-bond donors (Lipinski definition) is 0. The summed E-state index contributed by atoms with van der Waals surface area (Å²) in [6.45, 7) is 16.8. The van der Waals surface area contributed by atoms with Gasteiger partial charge in [0.2, 0.25) is 5.91 Å². The molecule has 0 saturated carbocycles. The molecule has 0 aromatic heterocycles. The van der Waals surface area contributed by atoms with E-state index in [-0.39, 0.29) is 5.57 Å². The zero-order valence-corrected chi connectivity index (χ0v) is 12.3. The lowest BCUT2D eigenvalue weighted by atomic mass is 10.0. The Morgan fingerprint density at radius 2 is 1.74 bits per heavy atom. The van der Waals surface area contributed by atoms with Crippen molar-refractivity contribution in [2.45, 2.75) is 6.92 Å². The highest BCUT2D eigenvalue weighted by Crippen LogP contribution is 2.20. The highest BCUT2D eigenvalue weighted by Gasteiger charge is 2.02. The molecule has 0 fully saturated rings. The number of halogens is 1. The first-order valence-corrected chi connectivity index (χ1v) is 5.96. The predicted molar refractivity (Wildman–Crippen MR) is 82.5 cm³/mol. The number of azide groups is 1. The Hall–Kier alpha value is -2.10. The molecule has 5 heteroatoms. The molecule has 19 heavy (non-hydrogen) atoms. The lowest BCUT2D eigenvalue weighted by molar-refractivity contribution is -0.114. The average molecular weight is 320 g/mol. The van der Waals surface area contributed by atoms with Crippen LogP contribution in [0.25, 0.3) is 10.4 Å². The zero-order chi connectivity index (χ0) is 15.0. The van der Waals surface area contributed by atoms with Crippen molar-refractivity contribution in [3.63, 3.8) is 0 Å². The van der Waals surface area contributed by atoms with Crippen molar-refractivity contribution in [2.75, 3.05) is 0 Å². The average Bonchev–Trinajstić information content (AvgIpc) is 2.33. The van der Waals surface area contributed by atoms with Crippen LogP contribution in [0.1, 0.15) is 6.92 Å². The lowest BCUT2D eigenvalue weighted by Crippen LogP contribution is -1.93. The van der Waals surface area contributed by atoms with Gasteiger partial charge < -0.3 is 0 Å². The van der Waals surface area contributed by atoms with Crippen LogP contribution in [-0.4, -0.2) is 5.91 Å². The molecule has 0 spiro atoms. The van der Waals surface area contributed by atoms with E-state index in [4.69, 9.17) is 5.53 Å². The van der Waals surface area contributed by atoms with Crippen molar-refractivity contribution in [3.8, 4) is 0 Å². The van der Waals surface area contributed by atoms with E-state index in [1.54, 1.807) is 12.2 Å². The lowest BCUT2D eigenvalue weighted by Gasteiger charge is -2.05. The summed E-state index contributed by atoms with van der Waals surface area (Å²) in [7, 11) is 0. The van der Waals surface area contributed by atoms with Crippen LogP contribution in [0.5, 0.6) is 0 Å². The Balaban J connectivity index is 4.84. The summed E-state index contributed by atoms with van der Waals surface area (Å²) >= 11 is 3.23. The summed E-state index contributed by atoms with van der Waals surface area (Å²) in [5.74, 6) is -0.724. The topological polar surface area (TPSA) is 65.8 Å². The van der Waals surface area contributed by atoms with Crippen molar-refractivity contribution in [3.05, 3.63) is 81.8 Å². The number of amides is 1. The van der Waals surface area contributed by atoms with Crippen LogP contribution in [0.3, 0.4) is 0 Å². The third-order valence-electron chi connectivity index (χ3n) is 2.13. The van der Waals surface area contributed by atoms with Crippen molar-refractivity contribution >= 4 is 21.8 Å². The van der Waals surface area contributed by atoms with Crippen molar-refractivity contribution in [2.24, 2.45) is 5.11 Å². The Labute approximate surface area is 121 Å². The smallest absolute Gasteiger partial charge is 0.248 e. The summed E-state index contributed by atoms with van der Waals surface area (Å²) in [6.07, 6.45) is 4.83. The fourth-order valence-corrected chi connectivity index (χ4v) is 1.40. The SMILES string of the molecule is C=C(Br)/C=C(/C)C(=C)C(=C)/C=C\C(=C)C(=O)N=[N+]=[N-]. The second-order valence-corrected chi connectivity index (χ2v) is 4.65. The zero-order valence-electron chi connectivity index (χ0n) is 10.7. The van der Waals surface area contributed by atoms with E-state index >= 15 is 0 Å². The minimum absolute atomic E-state index is 0.0817. The number of hydrogen-bond acceptors (Lipinski definition) is 1. The van der Waals surface area contributed by atoms with Crippen LogP contribution in [0.4, 0.5) is 0 Å². The van der Waals surface area contributed by atoms with Gasteiger partial charge in [-0.25, -0.2) is 0 Å². The van der Waals surface area contributed by atoms with Gasteiger partial charge in [-0.2, -0.15) is 0 Å². The Kier molecular flexibility index (Phi) is 7.19. The van der Waals surface area contributed by atoms with Gasteiger partial charge in [-0.15, -0.1) is 0 Å². The number of nitrogens with zero attached hydrogens (tertiary/aromatic N) is 3. The monoisotopic (exact) mass is 319 g/mol. The first-order valence-electron chi connectivity index (χ1n) is 5.17. The molecule has 0 saturated heterocycles. The summed E-state index contributed by atoms with van der Waals surface area (Å²) in [4.78, 5) is 13.5. The molecular formula is C14H14BrN3O. The molecule has 0 unspecified atom stereocenters. The van der Waals surface area contributed by atoms with Gasteiger partial charge in [0.05, 0.1) is 0 Å². The molecule has 0 heterocycles. The van der Waals surface area contributed by atoms with Gasteiger partial charge in [-0.05, 0) is 40.4 Å². The number of rotatable bonds is 6. The second-order valence-electron chi connectivity index (χ2n) is 3.63. The van der Waals surface area contributed by atoms with Crippen LogP contribution in [-0.2, 0) is 4.79 Å². The summed E-state index contributed by atoms with van der Waals surface area (Å²) < 4.78 is 0.728. The number of carbonyl (C=O) groups is 1. The molecule has 0 aromatic carbocycles. The molecule has 4 nitrogen and oxygen atoms in total. The number of allylic oxidation sites excluding steroid dienone is 6. The molecule has 1 amide bonds. The van der Waals surface area contributed by atoms with Crippen LogP contribution >= 0.6 is 15.9 Å². The third-order valence-corrected chi connectivity index (χ3v) is 2.36. The first-order chi connectivity index (χ1) is 8.79. The van der Waals surface area contributed by atoms with E-state index in [2.05, 4.69) is 52.3 Å². The molecule has 0 aliphatic carbocycles. The van der Waals surface area contributed by atoms with Gasteiger partial charge in [0, 0.05) is 15.0 Å². The van der Waals surface area contributed by atoms with Crippen molar-refractivity contribution < 1.29 is 4.79 Å². The molecule has 0 radical (unpaired) electrons.